The fourth-order valence-electron chi connectivity index (χ4n) is 0.789. The van der Waals surface area contributed by atoms with Crippen LogP contribution in [-0.2, 0) is 6.42 Å². The highest BCUT2D eigenvalue weighted by atomic mass is 16.4. The summed E-state index contributed by atoms with van der Waals surface area (Å²) < 4.78 is 1.07. The van der Waals surface area contributed by atoms with Gasteiger partial charge in [0.25, 0.3) is 0 Å². The lowest BCUT2D eigenvalue weighted by atomic mass is 10.4. The van der Waals surface area contributed by atoms with Gasteiger partial charge in [0.2, 0.25) is 0 Å². The number of hydrogen-bond donors (Lipinski definition) is 1. The maximum absolute atomic E-state index is 10.4. The van der Waals surface area contributed by atoms with Gasteiger partial charge in [-0.25, -0.2) is 14.3 Å². The smallest absolute Gasteiger partial charge is 0.417 e. The predicted molar refractivity (Wildman–Crippen MR) is 39.6 cm³/mol. The molecule has 0 aliphatic carbocycles. The molecule has 0 aliphatic heterocycles. The molecule has 1 heterocycles. The van der Waals surface area contributed by atoms with Crippen molar-refractivity contribution in [1.29, 1.82) is 0 Å². The predicted octanol–water partition coefficient (Wildman–Crippen LogP) is 1.14. The molecule has 0 fully saturated rings. The first-order chi connectivity index (χ1) is 5.25. The summed E-state index contributed by atoms with van der Waals surface area (Å²) in [5.41, 5.74) is 0. The molecule has 4 nitrogen and oxygen atoms in total. The van der Waals surface area contributed by atoms with Crippen LogP contribution in [0, 0.1) is 0 Å². The Kier molecular flexibility index (Phi) is 2.06. The molecule has 1 N–H and O–H groups in total. The minimum atomic E-state index is -1.01. The lowest BCUT2D eigenvalue weighted by molar-refractivity contribution is 0.195. The van der Waals surface area contributed by atoms with E-state index in [9.17, 15) is 4.79 Å². The van der Waals surface area contributed by atoms with Gasteiger partial charge in [0.15, 0.2) is 0 Å². The third-order valence-electron chi connectivity index (χ3n) is 1.25. The molecule has 0 atom stereocenters. The van der Waals surface area contributed by atoms with E-state index in [-0.39, 0.29) is 0 Å². The van der Waals surface area contributed by atoms with Gasteiger partial charge in [-0.15, -0.1) is 6.58 Å². The van der Waals surface area contributed by atoms with Gasteiger partial charge >= 0.3 is 6.09 Å². The van der Waals surface area contributed by atoms with E-state index in [2.05, 4.69) is 11.6 Å². The molecule has 11 heavy (non-hydrogen) atoms. The highest BCUT2D eigenvalue weighted by Gasteiger charge is 2.05. The van der Waals surface area contributed by atoms with E-state index in [1.54, 1.807) is 6.08 Å². The van der Waals surface area contributed by atoms with Crippen LogP contribution in [-0.4, -0.2) is 20.8 Å². The molecule has 0 saturated heterocycles. The topological polar surface area (TPSA) is 55.1 Å². The second kappa shape index (κ2) is 3.01. The van der Waals surface area contributed by atoms with E-state index >= 15 is 0 Å². The fraction of sp³-hybridized carbons (Fsp3) is 0.143. The highest BCUT2D eigenvalue weighted by Crippen LogP contribution is 1.97. The number of allylic oxidation sites excluding steroid dienone is 1. The van der Waals surface area contributed by atoms with Crippen LogP contribution in [0.2, 0.25) is 0 Å². The summed E-state index contributed by atoms with van der Waals surface area (Å²) in [5.74, 6) is 0.493. The Morgan fingerprint density at radius 1 is 1.91 bits per heavy atom. The monoisotopic (exact) mass is 152 g/mol. The lowest BCUT2D eigenvalue weighted by Gasteiger charge is -1.96. The molecule has 0 spiro atoms. The molecule has 0 aliphatic rings. The zero-order valence-electron chi connectivity index (χ0n) is 5.90. The molecule has 0 aromatic carbocycles. The van der Waals surface area contributed by atoms with Gasteiger partial charge in [-0.1, -0.05) is 6.08 Å². The molecule has 4 heteroatoms. The Morgan fingerprint density at radius 3 is 3.18 bits per heavy atom. The second-order valence-electron chi connectivity index (χ2n) is 1.99. The lowest BCUT2D eigenvalue weighted by Crippen LogP contribution is -2.10. The van der Waals surface area contributed by atoms with Crippen molar-refractivity contribution >= 4 is 6.09 Å². The van der Waals surface area contributed by atoms with Crippen LogP contribution in [0.5, 0.6) is 0 Å². The van der Waals surface area contributed by atoms with E-state index < -0.39 is 6.09 Å². The summed E-state index contributed by atoms with van der Waals surface area (Å²) in [6.45, 7) is 3.49. The van der Waals surface area contributed by atoms with Gasteiger partial charge < -0.3 is 5.11 Å². The van der Waals surface area contributed by atoms with E-state index in [1.165, 1.54) is 12.4 Å². The van der Waals surface area contributed by atoms with Crippen LogP contribution in [0.1, 0.15) is 5.82 Å². The van der Waals surface area contributed by atoms with Gasteiger partial charge in [-0.2, -0.15) is 0 Å². The molecule has 1 aromatic rings. The van der Waals surface area contributed by atoms with Crippen molar-refractivity contribution < 1.29 is 9.90 Å². The van der Waals surface area contributed by atoms with Crippen molar-refractivity contribution in [3.63, 3.8) is 0 Å². The van der Waals surface area contributed by atoms with E-state index in [1.807, 2.05) is 0 Å². The van der Waals surface area contributed by atoms with Crippen LogP contribution < -0.4 is 0 Å². The molecule has 0 amide bonds. The average molecular weight is 152 g/mol. The summed E-state index contributed by atoms with van der Waals surface area (Å²) in [7, 11) is 0. The minimum Gasteiger partial charge on any atom is -0.464 e. The zero-order valence-corrected chi connectivity index (χ0v) is 5.90. The maximum atomic E-state index is 10.4. The Hall–Kier alpha value is -1.58. The van der Waals surface area contributed by atoms with Gasteiger partial charge in [0.1, 0.15) is 5.82 Å². The number of carbonyl (C=O) groups is 1. The molecule has 1 rings (SSSR count). The number of aromatic nitrogens is 2. The third-order valence-corrected chi connectivity index (χ3v) is 1.25. The first kappa shape index (κ1) is 7.53. The van der Waals surface area contributed by atoms with Gasteiger partial charge in [0, 0.05) is 18.8 Å². The van der Waals surface area contributed by atoms with E-state index in [0.29, 0.717) is 12.2 Å². The molecule has 0 unspecified atom stereocenters. The number of carboxylic acid groups (broad SMARTS) is 1. The number of imidazole rings is 1. The molecule has 58 valence electrons. The van der Waals surface area contributed by atoms with Crippen molar-refractivity contribution in [2.24, 2.45) is 0 Å². The SMILES string of the molecule is C=CCc1nccn1C(=O)O. The van der Waals surface area contributed by atoms with Crippen molar-refractivity contribution in [2.75, 3.05) is 0 Å². The van der Waals surface area contributed by atoms with Crippen molar-refractivity contribution in [3.8, 4) is 0 Å². The summed E-state index contributed by atoms with van der Waals surface area (Å²) in [6, 6.07) is 0. The second-order valence-corrected chi connectivity index (χ2v) is 1.99. The number of nitrogens with zero attached hydrogens (tertiary/aromatic N) is 2. The summed E-state index contributed by atoms with van der Waals surface area (Å²) >= 11 is 0. The summed E-state index contributed by atoms with van der Waals surface area (Å²) in [5, 5.41) is 8.57. The van der Waals surface area contributed by atoms with Crippen LogP contribution >= 0.6 is 0 Å². The molecule has 0 saturated carbocycles. The molecular formula is C7H8N2O2. The maximum Gasteiger partial charge on any atom is 0.417 e. The Labute approximate surface area is 63.8 Å². The highest BCUT2D eigenvalue weighted by molar-refractivity contribution is 5.68. The molecular weight excluding hydrogens is 144 g/mol. The van der Waals surface area contributed by atoms with Crippen molar-refractivity contribution in [1.82, 2.24) is 9.55 Å². The third kappa shape index (κ3) is 1.46. The van der Waals surface area contributed by atoms with Gasteiger partial charge in [0.05, 0.1) is 0 Å². The van der Waals surface area contributed by atoms with Gasteiger partial charge in [-0.3, -0.25) is 0 Å². The summed E-state index contributed by atoms with van der Waals surface area (Å²) in [6.07, 6.45) is 3.93. The number of hydrogen-bond acceptors (Lipinski definition) is 2. The van der Waals surface area contributed by atoms with Crippen LogP contribution in [0.3, 0.4) is 0 Å². The minimum absolute atomic E-state index is 0.472. The van der Waals surface area contributed by atoms with Crippen LogP contribution in [0.4, 0.5) is 4.79 Å². The fourth-order valence-corrected chi connectivity index (χ4v) is 0.789. The van der Waals surface area contributed by atoms with E-state index in [0.717, 1.165) is 4.57 Å². The van der Waals surface area contributed by atoms with E-state index in [4.69, 9.17) is 5.11 Å². The molecule has 0 bridgehead atoms. The first-order valence-corrected chi connectivity index (χ1v) is 3.12. The van der Waals surface area contributed by atoms with Crippen molar-refractivity contribution in [3.05, 3.63) is 30.9 Å². The Morgan fingerprint density at radius 2 is 2.64 bits per heavy atom. The Balaban J connectivity index is 2.95. The first-order valence-electron chi connectivity index (χ1n) is 3.12. The van der Waals surface area contributed by atoms with Crippen LogP contribution in [0.15, 0.2) is 25.0 Å². The Bertz CT molecular complexity index is 278. The largest absolute Gasteiger partial charge is 0.464 e. The zero-order chi connectivity index (χ0) is 8.27. The number of rotatable bonds is 2. The standard InChI is InChI=1S/C7H8N2O2/c1-2-3-6-8-4-5-9(6)7(10)11/h2,4-5H,1,3H2,(H,10,11). The quantitative estimate of drug-likeness (QED) is 0.646. The average Bonchev–Trinajstić information content (AvgIpc) is 2.36. The molecule has 1 aromatic heterocycles. The van der Waals surface area contributed by atoms with Crippen molar-refractivity contribution in [2.45, 2.75) is 6.42 Å². The summed E-state index contributed by atoms with van der Waals surface area (Å²) in [4.78, 5) is 14.3. The molecule has 0 radical (unpaired) electrons. The normalized spacial score (nSPS) is 9.45. The van der Waals surface area contributed by atoms with Crippen LogP contribution in [0.25, 0.3) is 0 Å². The van der Waals surface area contributed by atoms with Gasteiger partial charge in [-0.05, 0) is 0 Å².